The lowest BCUT2D eigenvalue weighted by Crippen LogP contribution is -2.36. The summed E-state index contributed by atoms with van der Waals surface area (Å²) in [4.78, 5) is 24.8. The molecule has 6 heteroatoms. The zero-order valence-corrected chi connectivity index (χ0v) is 16.6. The van der Waals surface area contributed by atoms with Crippen molar-refractivity contribution < 1.29 is 28.9 Å². The number of carboxylic acid groups (broad SMARTS) is 1. The van der Waals surface area contributed by atoms with E-state index < -0.39 is 23.3 Å². The van der Waals surface area contributed by atoms with Gasteiger partial charge in [0.1, 0.15) is 5.75 Å². The lowest BCUT2D eigenvalue weighted by atomic mass is 9.78. The third kappa shape index (κ3) is 4.92. The summed E-state index contributed by atoms with van der Waals surface area (Å²) in [6.45, 7) is 0.929. The van der Waals surface area contributed by atoms with Gasteiger partial charge in [0.2, 0.25) is 0 Å². The van der Waals surface area contributed by atoms with Crippen LogP contribution in [-0.2, 0) is 31.9 Å². The van der Waals surface area contributed by atoms with Gasteiger partial charge < -0.3 is 19.3 Å². The molecule has 1 N–H and O–H groups in total. The summed E-state index contributed by atoms with van der Waals surface area (Å²) in [6, 6.07) is 5.78. The molecule has 0 radical (unpaired) electrons. The van der Waals surface area contributed by atoms with E-state index in [1.54, 1.807) is 7.11 Å². The number of benzene rings is 1. The molecule has 0 aliphatic heterocycles. The molecule has 1 aromatic carbocycles. The summed E-state index contributed by atoms with van der Waals surface area (Å²) < 4.78 is 16.2. The standard InChI is InChI=1S/C22H30O6/c1-26-11-12-27-15-18(14-22(21(24)25)9-2-3-10-22)20(23)28-19-8-7-16-5-4-6-17(16)13-19/h7-8,13,18H,2-6,9-12,14-15H2,1H3,(H,24,25). The number of carbonyl (C=O) groups excluding carboxylic acids is 1. The van der Waals surface area contributed by atoms with Crippen LogP contribution in [0.2, 0.25) is 0 Å². The third-order valence-electron chi connectivity index (χ3n) is 6.02. The fraction of sp³-hybridized carbons (Fsp3) is 0.636. The van der Waals surface area contributed by atoms with Gasteiger partial charge in [-0.1, -0.05) is 18.9 Å². The highest BCUT2D eigenvalue weighted by Crippen LogP contribution is 2.43. The van der Waals surface area contributed by atoms with Crippen molar-refractivity contribution in [3.8, 4) is 5.75 Å². The second-order valence-corrected chi connectivity index (χ2v) is 7.97. The second-order valence-electron chi connectivity index (χ2n) is 7.97. The van der Waals surface area contributed by atoms with Gasteiger partial charge in [-0.2, -0.15) is 0 Å². The van der Waals surface area contributed by atoms with E-state index in [0.29, 0.717) is 31.8 Å². The smallest absolute Gasteiger partial charge is 0.316 e. The van der Waals surface area contributed by atoms with Gasteiger partial charge in [-0.3, -0.25) is 9.59 Å². The van der Waals surface area contributed by atoms with Crippen molar-refractivity contribution >= 4 is 11.9 Å². The van der Waals surface area contributed by atoms with Crippen LogP contribution >= 0.6 is 0 Å². The molecule has 154 valence electrons. The van der Waals surface area contributed by atoms with Gasteiger partial charge >= 0.3 is 11.9 Å². The molecule has 6 nitrogen and oxygen atoms in total. The van der Waals surface area contributed by atoms with Crippen LogP contribution in [0.25, 0.3) is 0 Å². The minimum absolute atomic E-state index is 0.141. The van der Waals surface area contributed by atoms with Crippen molar-refractivity contribution in [2.24, 2.45) is 11.3 Å². The molecule has 0 aromatic heterocycles. The maximum absolute atomic E-state index is 12.9. The summed E-state index contributed by atoms with van der Waals surface area (Å²) >= 11 is 0. The van der Waals surface area contributed by atoms with Crippen LogP contribution in [0.5, 0.6) is 5.75 Å². The highest BCUT2D eigenvalue weighted by atomic mass is 16.5. The predicted octanol–water partition coefficient (Wildman–Crippen LogP) is 3.40. The van der Waals surface area contributed by atoms with Crippen LogP contribution in [0, 0.1) is 11.3 Å². The zero-order valence-electron chi connectivity index (χ0n) is 16.6. The molecule has 1 saturated carbocycles. The number of aliphatic carboxylic acids is 1. The number of ether oxygens (including phenoxy) is 3. The van der Waals surface area contributed by atoms with Crippen molar-refractivity contribution in [3.05, 3.63) is 29.3 Å². The number of hydrogen-bond donors (Lipinski definition) is 1. The number of esters is 1. The van der Waals surface area contributed by atoms with Crippen molar-refractivity contribution in [2.75, 3.05) is 26.9 Å². The van der Waals surface area contributed by atoms with Crippen molar-refractivity contribution in [1.29, 1.82) is 0 Å². The number of methoxy groups -OCH3 is 1. The van der Waals surface area contributed by atoms with Gasteiger partial charge in [0, 0.05) is 7.11 Å². The molecule has 3 rings (SSSR count). The number of carbonyl (C=O) groups is 2. The topological polar surface area (TPSA) is 82.1 Å². The van der Waals surface area contributed by atoms with E-state index >= 15 is 0 Å². The molecule has 1 fully saturated rings. The molecule has 1 aromatic rings. The Morgan fingerprint density at radius 2 is 1.86 bits per heavy atom. The lowest BCUT2D eigenvalue weighted by molar-refractivity contribution is -0.153. The number of aryl methyl sites for hydroxylation is 2. The van der Waals surface area contributed by atoms with Crippen LogP contribution in [-0.4, -0.2) is 44.0 Å². The maximum Gasteiger partial charge on any atom is 0.316 e. The van der Waals surface area contributed by atoms with Crippen LogP contribution in [0.3, 0.4) is 0 Å². The molecule has 2 aliphatic rings. The van der Waals surface area contributed by atoms with E-state index in [9.17, 15) is 14.7 Å². The Morgan fingerprint density at radius 3 is 2.57 bits per heavy atom. The maximum atomic E-state index is 12.9. The van der Waals surface area contributed by atoms with E-state index in [-0.39, 0.29) is 13.0 Å². The third-order valence-corrected chi connectivity index (χ3v) is 6.02. The Hall–Kier alpha value is -1.92. The number of carboxylic acids is 1. The minimum atomic E-state index is -0.855. The summed E-state index contributed by atoms with van der Waals surface area (Å²) in [5, 5.41) is 9.79. The Kier molecular flexibility index (Phi) is 7.08. The van der Waals surface area contributed by atoms with Gasteiger partial charge in [-0.15, -0.1) is 0 Å². The summed E-state index contributed by atoms with van der Waals surface area (Å²) in [7, 11) is 1.58. The fourth-order valence-electron chi connectivity index (χ4n) is 4.42. The quantitative estimate of drug-likeness (QED) is 0.375. The van der Waals surface area contributed by atoms with Crippen LogP contribution in [0.15, 0.2) is 18.2 Å². The molecule has 1 atom stereocenters. The summed E-state index contributed by atoms with van der Waals surface area (Å²) in [6.07, 6.45) is 6.41. The summed E-state index contributed by atoms with van der Waals surface area (Å²) in [5.74, 6) is -1.32. The first-order valence-electron chi connectivity index (χ1n) is 10.2. The van der Waals surface area contributed by atoms with Gasteiger partial charge in [0.05, 0.1) is 31.2 Å². The fourth-order valence-corrected chi connectivity index (χ4v) is 4.42. The van der Waals surface area contributed by atoms with E-state index in [2.05, 4.69) is 0 Å². The van der Waals surface area contributed by atoms with Gasteiger partial charge in [-0.25, -0.2) is 0 Å². The molecule has 1 unspecified atom stereocenters. The molecular formula is C22H30O6. The molecule has 0 bridgehead atoms. The number of fused-ring (bicyclic) bond motifs is 1. The Balaban J connectivity index is 1.69. The van der Waals surface area contributed by atoms with Crippen LogP contribution in [0.1, 0.15) is 49.7 Å². The lowest BCUT2D eigenvalue weighted by Gasteiger charge is -2.28. The average Bonchev–Trinajstić information content (AvgIpc) is 3.33. The molecule has 0 heterocycles. The van der Waals surface area contributed by atoms with Gasteiger partial charge in [-0.05, 0) is 61.8 Å². The number of hydrogen-bond acceptors (Lipinski definition) is 5. The highest BCUT2D eigenvalue weighted by Gasteiger charge is 2.44. The van der Waals surface area contributed by atoms with Crippen molar-refractivity contribution in [3.63, 3.8) is 0 Å². The van der Waals surface area contributed by atoms with Crippen molar-refractivity contribution in [1.82, 2.24) is 0 Å². The first-order chi connectivity index (χ1) is 13.5. The van der Waals surface area contributed by atoms with Crippen LogP contribution in [0.4, 0.5) is 0 Å². The SMILES string of the molecule is COCCOCC(CC1(C(=O)O)CCCC1)C(=O)Oc1ccc2c(c1)CCC2. The molecule has 2 aliphatic carbocycles. The first-order valence-corrected chi connectivity index (χ1v) is 10.2. The monoisotopic (exact) mass is 390 g/mol. The Labute approximate surface area is 166 Å². The van der Waals surface area contributed by atoms with E-state index in [1.165, 1.54) is 11.1 Å². The predicted molar refractivity (Wildman–Crippen MR) is 103 cm³/mol. The zero-order chi connectivity index (χ0) is 20.0. The highest BCUT2D eigenvalue weighted by molar-refractivity contribution is 5.79. The molecule has 28 heavy (non-hydrogen) atoms. The van der Waals surface area contributed by atoms with E-state index in [1.807, 2.05) is 18.2 Å². The van der Waals surface area contributed by atoms with E-state index in [4.69, 9.17) is 14.2 Å². The van der Waals surface area contributed by atoms with Gasteiger partial charge in [0.25, 0.3) is 0 Å². The molecule has 0 saturated heterocycles. The Bertz CT molecular complexity index is 692. The largest absolute Gasteiger partial charge is 0.481 e. The Morgan fingerprint density at radius 1 is 1.11 bits per heavy atom. The first kappa shape index (κ1) is 20.8. The molecule has 0 spiro atoms. The minimum Gasteiger partial charge on any atom is -0.481 e. The average molecular weight is 390 g/mol. The number of rotatable bonds is 10. The summed E-state index contributed by atoms with van der Waals surface area (Å²) in [5.41, 5.74) is 1.69. The normalized spacial score (nSPS) is 18.6. The van der Waals surface area contributed by atoms with Crippen LogP contribution < -0.4 is 4.74 Å². The molecule has 0 amide bonds. The van der Waals surface area contributed by atoms with Gasteiger partial charge in [0.15, 0.2) is 0 Å². The van der Waals surface area contributed by atoms with E-state index in [0.717, 1.165) is 32.1 Å². The molecular weight excluding hydrogens is 360 g/mol. The van der Waals surface area contributed by atoms with Crippen molar-refractivity contribution in [2.45, 2.75) is 51.4 Å². The second kappa shape index (κ2) is 9.52.